The average molecular weight is 312 g/mol. The van der Waals surface area contributed by atoms with Gasteiger partial charge in [-0.3, -0.25) is 4.79 Å². The van der Waals surface area contributed by atoms with Crippen molar-refractivity contribution >= 4 is 23.3 Å². The zero-order valence-corrected chi connectivity index (χ0v) is 13.5. The summed E-state index contributed by atoms with van der Waals surface area (Å²) in [6.07, 6.45) is 0. The number of carbonyl (C=O) groups excluding carboxylic acids is 2. The molecule has 0 fully saturated rings. The summed E-state index contributed by atoms with van der Waals surface area (Å²) >= 11 is 0. The Hall–Kier alpha value is -2.82. The number of hydrogen-bond acceptors (Lipinski definition) is 4. The number of amides is 1. The van der Waals surface area contributed by atoms with Gasteiger partial charge in [0.1, 0.15) is 0 Å². The number of methoxy groups -OCH3 is 1. The van der Waals surface area contributed by atoms with Crippen LogP contribution in [0.5, 0.6) is 0 Å². The molecule has 0 radical (unpaired) electrons. The normalized spacial score (nSPS) is 10.0. The van der Waals surface area contributed by atoms with E-state index in [0.29, 0.717) is 5.56 Å². The highest BCUT2D eigenvalue weighted by molar-refractivity contribution is 5.96. The molecule has 1 amide bonds. The molecule has 2 aromatic carbocycles. The fourth-order valence-corrected chi connectivity index (χ4v) is 2.14. The molecule has 0 saturated carbocycles. The number of nitrogens with zero attached hydrogens (tertiary/aromatic N) is 1. The minimum absolute atomic E-state index is 0.0703. The Morgan fingerprint density at radius 3 is 2.48 bits per heavy atom. The smallest absolute Gasteiger partial charge is 0.337 e. The summed E-state index contributed by atoms with van der Waals surface area (Å²) in [6.45, 7) is 2.05. The first-order valence-corrected chi connectivity index (χ1v) is 7.27. The second kappa shape index (κ2) is 7.45. The van der Waals surface area contributed by atoms with Crippen LogP contribution in [0.25, 0.3) is 0 Å². The summed E-state index contributed by atoms with van der Waals surface area (Å²) in [7, 11) is 3.07. The van der Waals surface area contributed by atoms with Gasteiger partial charge in [0.15, 0.2) is 0 Å². The van der Waals surface area contributed by atoms with Crippen LogP contribution in [0, 0.1) is 6.92 Å². The molecule has 0 aromatic heterocycles. The molecule has 0 aliphatic heterocycles. The predicted octanol–water partition coefficient (Wildman–Crippen LogP) is 2.86. The van der Waals surface area contributed by atoms with E-state index in [9.17, 15) is 9.59 Å². The quantitative estimate of drug-likeness (QED) is 0.863. The van der Waals surface area contributed by atoms with E-state index in [-0.39, 0.29) is 12.5 Å². The second-order valence-electron chi connectivity index (χ2n) is 5.16. The fourth-order valence-electron chi connectivity index (χ4n) is 2.14. The maximum Gasteiger partial charge on any atom is 0.337 e. The van der Waals surface area contributed by atoms with Gasteiger partial charge in [-0.05, 0) is 36.8 Å². The van der Waals surface area contributed by atoms with E-state index in [1.54, 1.807) is 24.1 Å². The van der Waals surface area contributed by atoms with Crippen LogP contribution in [-0.2, 0) is 9.53 Å². The number of hydrogen-bond donors (Lipinski definition) is 1. The number of anilines is 2. The van der Waals surface area contributed by atoms with E-state index in [0.717, 1.165) is 16.9 Å². The highest BCUT2D eigenvalue weighted by Gasteiger charge is 2.12. The summed E-state index contributed by atoms with van der Waals surface area (Å²) in [5.74, 6) is -0.472. The molecule has 5 heteroatoms. The molecular formula is C18H20N2O3. The van der Waals surface area contributed by atoms with E-state index in [1.807, 2.05) is 43.3 Å². The lowest BCUT2D eigenvalue weighted by atomic mass is 10.1. The van der Waals surface area contributed by atoms with Crippen LogP contribution in [0.15, 0.2) is 48.5 Å². The highest BCUT2D eigenvalue weighted by Crippen LogP contribution is 2.18. The molecule has 23 heavy (non-hydrogen) atoms. The number of nitrogens with one attached hydrogen (secondary N) is 1. The third-order valence-corrected chi connectivity index (χ3v) is 3.61. The predicted molar refractivity (Wildman–Crippen MR) is 90.9 cm³/mol. The van der Waals surface area contributed by atoms with Crippen molar-refractivity contribution in [3.8, 4) is 0 Å². The molecule has 0 aliphatic rings. The monoisotopic (exact) mass is 312 g/mol. The van der Waals surface area contributed by atoms with Crippen LogP contribution in [0.1, 0.15) is 15.9 Å². The van der Waals surface area contributed by atoms with Crippen LogP contribution in [-0.4, -0.2) is 32.6 Å². The Bertz CT molecular complexity index is 699. The minimum Gasteiger partial charge on any atom is -0.465 e. The van der Waals surface area contributed by atoms with E-state index >= 15 is 0 Å². The molecule has 0 aliphatic carbocycles. The van der Waals surface area contributed by atoms with Gasteiger partial charge in [0.25, 0.3) is 0 Å². The average Bonchev–Trinajstić information content (AvgIpc) is 2.60. The van der Waals surface area contributed by atoms with Gasteiger partial charge in [0.2, 0.25) is 5.91 Å². The summed E-state index contributed by atoms with van der Waals surface area (Å²) < 4.78 is 4.71. The first-order valence-electron chi connectivity index (χ1n) is 7.27. The summed E-state index contributed by atoms with van der Waals surface area (Å²) in [5, 5.41) is 3.08. The van der Waals surface area contributed by atoms with Crippen LogP contribution in [0.4, 0.5) is 11.4 Å². The molecule has 0 unspecified atom stereocenters. The number of esters is 1. The molecule has 5 nitrogen and oxygen atoms in total. The number of para-hydroxylation sites is 1. The van der Waals surface area contributed by atoms with Gasteiger partial charge in [0.05, 0.1) is 19.2 Å². The molecule has 2 rings (SSSR count). The SMILES string of the molecule is COC(=O)c1ccc(C)c(NCC(=O)N(C)c2ccccc2)c1. The zero-order chi connectivity index (χ0) is 16.8. The molecule has 0 heterocycles. The van der Waals surface area contributed by atoms with Gasteiger partial charge in [-0.1, -0.05) is 24.3 Å². The van der Waals surface area contributed by atoms with Gasteiger partial charge in [-0.15, -0.1) is 0 Å². The van der Waals surface area contributed by atoms with E-state index in [2.05, 4.69) is 5.32 Å². The molecule has 0 saturated heterocycles. The van der Waals surface area contributed by atoms with E-state index in [4.69, 9.17) is 4.74 Å². The van der Waals surface area contributed by atoms with Crippen molar-refractivity contribution in [2.75, 3.05) is 30.9 Å². The maximum absolute atomic E-state index is 12.3. The first kappa shape index (κ1) is 16.5. The van der Waals surface area contributed by atoms with Crippen molar-refractivity contribution < 1.29 is 14.3 Å². The Morgan fingerprint density at radius 1 is 1.13 bits per heavy atom. The Balaban J connectivity index is 2.05. The van der Waals surface area contributed by atoms with Gasteiger partial charge in [-0.2, -0.15) is 0 Å². The van der Waals surface area contributed by atoms with Crippen LogP contribution >= 0.6 is 0 Å². The maximum atomic E-state index is 12.3. The topological polar surface area (TPSA) is 58.6 Å². The van der Waals surface area contributed by atoms with E-state index < -0.39 is 5.97 Å². The number of carbonyl (C=O) groups is 2. The molecule has 0 atom stereocenters. The number of benzene rings is 2. The first-order chi connectivity index (χ1) is 11.0. The number of aryl methyl sites for hydroxylation is 1. The number of ether oxygens (including phenoxy) is 1. The van der Waals surface area contributed by atoms with Crippen molar-refractivity contribution in [1.82, 2.24) is 0 Å². The molecule has 0 bridgehead atoms. The zero-order valence-electron chi connectivity index (χ0n) is 13.5. The van der Waals surface area contributed by atoms with Gasteiger partial charge in [-0.25, -0.2) is 4.79 Å². The standard InChI is InChI=1S/C18H20N2O3/c1-13-9-10-14(18(22)23-3)11-16(13)19-12-17(21)20(2)15-7-5-4-6-8-15/h4-11,19H,12H2,1-3H3. The van der Waals surface area contributed by atoms with Gasteiger partial charge in [0, 0.05) is 18.4 Å². The lowest BCUT2D eigenvalue weighted by Gasteiger charge is -2.18. The summed E-state index contributed by atoms with van der Waals surface area (Å²) in [5.41, 5.74) is 2.97. The molecule has 2 aromatic rings. The molecule has 120 valence electrons. The third-order valence-electron chi connectivity index (χ3n) is 3.61. The second-order valence-corrected chi connectivity index (χ2v) is 5.16. The Kier molecular flexibility index (Phi) is 5.36. The summed E-state index contributed by atoms with van der Waals surface area (Å²) in [6, 6.07) is 14.6. The molecule has 1 N–H and O–H groups in total. The Morgan fingerprint density at radius 2 is 1.83 bits per heavy atom. The lowest BCUT2D eigenvalue weighted by molar-refractivity contribution is -0.116. The number of rotatable bonds is 5. The largest absolute Gasteiger partial charge is 0.465 e. The van der Waals surface area contributed by atoms with Crippen molar-refractivity contribution in [3.05, 3.63) is 59.7 Å². The van der Waals surface area contributed by atoms with Crippen LogP contribution in [0.2, 0.25) is 0 Å². The number of likely N-dealkylation sites (N-methyl/N-ethyl adjacent to an activating group) is 1. The van der Waals surface area contributed by atoms with Crippen molar-refractivity contribution in [2.24, 2.45) is 0 Å². The van der Waals surface area contributed by atoms with Crippen molar-refractivity contribution in [3.63, 3.8) is 0 Å². The van der Waals surface area contributed by atoms with Crippen molar-refractivity contribution in [2.45, 2.75) is 6.92 Å². The minimum atomic E-state index is -0.402. The molecule has 0 spiro atoms. The van der Waals surface area contributed by atoms with Gasteiger partial charge >= 0.3 is 5.97 Å². The Labute approximate surface area is 135 Å². The van der Waals surface area contributed by atoms with E-state index in [1.165, 1.54) is 7.11 Å². The van der Waals surface area contributed by atoms with Crippen molar-refractivity contribution in [1.29, 1.82) is 0 Å². The summed E-state index contributed by atoms with van der Waals surface area (Å²) in [4.78, 5) is 25.4. The third kappa shape index (κ3) is 4.10. The lowest BCUT2D eigenvalue weighted by Crippen LogP contribution is -2.32. The fraction of sp³-hybridized carbons (Fsp3) is 0.222. The molecular weight excluding hydrogens is 292 g/mol. The highest BCUT2D eigenvalue weighted by atomic mass is 16.5. The van der Waals surface area contributed by atoms with Gasteiger partial charge < -0.3 is 15.0 Å². The van der Waals surface area contributed by atoms with Crippen LogP contribution in [0.3, 0.4) is 0 Å². The van der Waals surface area contributed by atoms with Crippen LogP contribution < -0.4 is 10.2 Å².